The van der Waals surface area contributed by atoms with Crippen molar-refractivity contribution in [2.75, 3.05) is 31.5 Å². The molecule has 6 nitrogen and oxygen atoms in total. The Morgan fingerprint density at radius 2 is 1.62 bits per heavy atom. The van der Waals surface area contributed by atoms with Crippen LogP contribution in [0.15, 0.2) is 47.4 Å². The van der Waals surface area contributed by atoms with Crippen LogP contribution in [0.25, 0.3) is 0 Å². The number of sulfonamides is 1. The van der Waals surface area contributed by atoms with Crippen molar-refractivity contribution in [2.45, 2.75) is 17.9 Å². The van der Waals surface area contributed by atoms with E-state index >= 15 is 0 Å². The number of carbonyl (C=O) groups is 1. The molecule has 1 fully saturated rings. The van der Waals surface area contributed by atoms with Crippen molar-refractivity contribution in [3.05, 3.63) is 59.1 Å². The van der Waals surface area contributed by atoms with Crippen molar-refractivity contribution in [1.82, 2.24) is 9.21 Å². The third-order valence-electron chi connectivity index (χ3n) is 4.87. The van der Waals surface area contributed by atoms with Gasteiger partial charge >= 0.3 is 0 Å². The molecule has 2 aromatic carbocycles. The molecular formula is C19H20ClF2N3O3S. The second-order valence-corrected chi connectivity index (χ2v) is 8.95. The van der Waals surface area contributed by atoms with E-state index in [0.29, 0.717) is 0 Å². The van der Waals surface area contributed by atoms with Gasteiger partial charge in [-0.2, -0.15) is 4.31 Å². The molecule has 10 heteroatoms. The summed E-state index contributed by atoms with van der Waals surface area (Å²) < 4.78 is 54.4. The molecule has 1 unspecified atom stereocenters. The van der Waals surface area contributed by atoms with Crippen LogP contribution in [0.1, 0.15) is 6.92 Å². The molecule has 0 spiro atoms. The third-order valence-corrected chi connectivity index (χ3v) is 7.26. The molecule has 1 saturated heterocycles. The number of anilines is 1. The van der Waals surface area contributed by atoms with Crippen LogP contribution in [0.3, 0.4) is 0 Å². The van der Waals surface area contributed by atoms with Gasteiger partial charge in [-0.25, -0.2) is 17.2 Å². The third kappa shape index (κ3) is 4.58. The predicted molar refractivity (Wildman–Crippen MR) is 106 cm³/mol. The van der Waals surface area contributed by atoms with Gasteiger partial charge in [-0.05, 0) is 31.2 Å². The first-order chi connectivity index (χ1) is 13.7. The molecule has 0 aliphatic carbocycles. The molecule has 0 aromatic heterocycles. The van der Waals surface area contributed by atoms with Gasteiger partial charge in [-0.3, -0.25) is 9.69 Å². The summed E-state index contributed by atoms with van der Waals surface area (Å²) in [5, 5.41) is 2.42. The molecule has 0 radical (unpaired) electrons. The molecule has 3 rings (SSSR count). The smallest absolute Gasteiger partial charge is 0.244 e. The van der Waals surface area contributed by atoms with Crippen molar-refractivity contribution >= 4 is 33.2 Å². The molecule has 0 bridgehead atoms. The zero-order valence-electron chi connectivity index (χ0n) is 15.6. The van der Waals surface area contributed by atoms with Crippen LogP contribution in [-0.2, 0) is 14.8 Å². The number of rotatable bonds is 5. The number of carbonyl (C=O) groups excluding carboxylic acids is 1. The minimum Gasteiger partial charge on any atom is -0.320 e. The Bertz CT molecular complexity index is 991. The highest BCUT2D eigenvalue weighted by Gasteiger charge is 2.33. The number of piperazine rings is 1. The van der Waals surface area contributed by atoms with E-state index in [9.17, 15) is 22.0 Å². The fourth-order valence-corrected chi connectivity index (χ4v) is 5.05. The van der Waals surface area contributed by atoms with Gasteiger partial charge in [0.1, 0.15) is 22.2 Å². The van der Waals surface area contributed by atoms with Crippen LogP contribution in [-0.4, -0.2) is 55.8 Å². The van der Waals surface area contributed by atoms with E-state index in [0.717, 1.165) is 12.1 Å². The first kappa shape index (κ1) is 21.6. The maximum atomic E-state index is 13.7. The fraction of sp³-hybridized carbons (Fsp3) is 0.316. The molecule has 1 aliphatic heterocycles. The van der Waals surface area contributed by atoms with Crippen LogP contribution in [0, 0.1) is 11.6 Å². The van der Waals surface area contributed by atoms with Crippen molar-refractivity contribution in [3.8, 4) is 0 Å². The van der Waals surface area contributed by atoms with Gasteiger partial charge in [-0.1, -0.05) is 29.8 Å². The molecule has 1 aliphatic rings. The van der Waals surface area contributed by atoms with Crippen molar-refractivity contribution in [2.24, 2.45) is 0 Å². The highest BCUT2D eigenvalue weighted by atomic mass is 35.5. The van der Waals surface area contributed by atoms with Gasteiger partial charge in [0.15, 0.2) is 0 Å². The van der Waals surface area contributed by atoms with Crippen molar-refractivity contribution in [3.63, 3.8) is 0 Å². The minimum atomic E-state index is -3.75. The Morgan fingerprint density at radius 1 is 1.03 bits per heavy atom. The summed E-state index contributed by atoms with van der Waals surface area (Å²) in [6.07, 6.45) is 0. The summed E-state index contributed by atoms with van der Waals surface area (Å²) in [6, 6.07) is 8.84. The summed E-state index contributed by atoms with van der Waals surface area (Å²) in [5.41, 5.74) is -0.496. The van der Waals surface area contributed by atoms with Crippen LogP contribution < -0.4 is 5.32 Å². The zero-order chi connectivity index (χ0) is 21.2. The molecule has 29 heavy (non-hydrogen) atoms. The summed E-state index contributed by atoms with van der Waals surface area (Å²) in [6.45, 7) is 2.51. The minimum absolute atomic E-state index is 0.0379. The molecule has 1 N–H and O–H groups in total. The Morgan fingerprint density at radius 3 is 2.21 bits per heavy atom. The quantitative estimate of drug-likeness (QED) is 0.771. The van der Waals surface area contributed by atoms with Crippen molar-refractivity contribution in [1.29, 1.82) is 0 Å². The fourth-order valence-electron chi connectivity index (χ4n) is 3.13. The summed E-state index contributed by atoms with van der Waals surface area (Å²) >= 11 is 6.02. The highest BCUT2D eigenvalue weighted by Crippen LogP contribution is 2.25. The van der Waals surface area contributed by atoms with Gasteiger partial charge in [0, 0.05) is 26.2 Å². The zero-order valence-corrected chi connectivity index (χ0v) is 17.2. The summed E-state index contributed by atoms with van der Waals surface area (Å²) in [4.78, 5) is 14.2. The Hall–Kier alpha value is -2.07. The lowest BCUT2D eigenvalue weighted by Gasteiger charge is -2.36. The van der Waals surface area contributed by atoms with E-state index in [4.69, 9.17) is 11.6 Å². The van der Waals surface area contributed by atoms with E-state index in [-0.39, 0.29) is 36.1 Å². The number of nitrogens with one attached hydrogen (secondary N) is 1. The Kier molecular flexibility index (Phi) is 6.52. The van der Waals surface area contributed by atoms with Gasteiger partial charge < -0.3 is 5.32 Å². The first-order valence-electron chi connectivity index (χ1n) is 8.95. The molecule has 1 atom stereocenters. The summed E-state index contributed by atoms with van der Waals surface area (Å²) in [7, 11) is -3.75. The predicted octanol–water partition coefficient (Wildman–Crippen LogP) is 2.95. The topological polar surface area (TPSA) is 69.7 Å². The maximum absolute atomic E-state index is 13.7. The second-order valence-electron chi connectivity index (χ2n) is 6.63. The number of para-hydroxylation sites is 1. The number of benzene rings is 2. The number of amides is 1. The van der Waals surface area contributed by atoms with E-state index in [1.54, 1.807) is 24.0 Å². The van der Waals surface area contributed by atoms with E-state index < -0.39 is 39.3 Å². The SMILES string of the molecule is CC(C(=O)Nc1c(F)cccc1F)N1CCN(S(=O)(=O)c2ccccc2Cl)CC1. The molecule has 1 amide bonds. The van der Waals surface area contributed by atoms with E-state index in [1.807, 2.05) is 0 Å². The van der Waals surface area contributed by atoms with Gasteiger partial charge in [-0.15, -0.1) is 0 Å². The van der Waals surface area contributed by atoms with Gasteiger partial charge in [0.25, 0.3) is 0 Å². The van der Waals surface area contributed by atoms with Crippen LogP contribution in [0.2, 0.25) is 5.02 Å². The monoisotopic (exact) mass is 443 g/mol. The average molecular weight is 444 g/mol. The van der Waals surface area contributed by atoms with Crippen molar-refractivity contribution < 1.29 is 22.0 Å². The molecule has 1 heterocycles. The standard InChI is InChI=1S/C19H20ClF2N3O3S/c1-13(19(26)23-18-15(21)6-4-7-16(18)22)24-9-11-25(12-10-24)29(27,28)17-8-3-2-5-14(17)20/h2-8,13H,9-12H2,1H3,(H,23,26). The number of hydrogen-bond acceptors (Lipinski definition) is 4. The van der Waals surface area contributed by atoms with Crippen LogP contribution in [0.4, 0.5) is 14.5 Å². The van der Waals surface area contributed by atoms with E-state index in [1.165, 1.54) is 22.5 Å². The Labute approximate surface area is 173 Å². The largest absolute Gasteiger partial charge is 0.320 e. The normalized spacial score (nSPS) is 17.1. The number of hydrogen-bond donors (Lipinski definition) is 1. The molecule has 2 aromatic rings. The van der Waals surface area contributed by atoms with Crippen LogP contribution in [0.5, 0.6) is 0 Å². The Balaban J connectivity index is 1.64. The molecular weight excluding hydrogens is 424 g/mol. The maximum Gasteiger partial charge on any atom is 0.244 e. The number of nitrogens with zero attached hydrogens (tertiary/aromatic N) is 2. The highest BCUT2D eigenvalue weighted by molar-refractivity contribution is 7.89. The summed E-state index contributed by atoms with van der Waals surface area (Å²) in [5.74, 6) is -2.29. The second kappa shape index (κ2) is 8.74. The first-order valence-corrected chi connectivity index (χ1v) is 10.8. The van der Waals surface area contributed by atoms with Gasteiger partial charge in [0.2, 0.25) is 15.9 Å². The average Bonchev–Trinajstić information content (AvgIpc) is 2.70. The van der Waals surface area contributed by atoms with Gasteiger partial charge in [0.05, 0.1) is 11.1 Å². The number of halogens is 3. The lowest BCUT2D eigenvalue weighted by molar-refractivity contribution is -0.121. The lowest BCUT2D eigenvalue weighted by Crippen LogP contribution is -2.54. The molecule has 156 valence electrons. The molecule has 0 saturated carbocycles. The van der Waals surface area contributed by atoms with E-state index in [2.05, 4.69) is 5.32 Å². The lowest BCUT2D eigenvalue weighted by atomic mass is 10.2. The van der Waals surface area contributed by atoms with Crippen LogP contribution >= 0.6 is 11.6 Å².